The molecule has 6 nitrogen and oxygen atoms in total. The van der Waals surface area contributed by atoms with Gasteiger partial charge in [-0.1, -0.05) is 29.8 Å². The van der Waals surface area contributed by atoms with Crippen molar-refractivity contribution >= 4 is 11.7 Å². The van der Waals surface area contributed by atoms with Crippen molar-refractivity contribution in [3.63, 3.8) is 0 Å². The van der Waals surface area contributed by atoms with Crippen LogP contribution in [0.2, 0.25) is 0 Å². The van der Waals surface area contributed by atoms with Gasteiger partial charge in [0.05, 0.1) is 0 Å². The van der Waals surface area contributed by atoms with Crippen LogP contribution in [0.3, 0.4) is 0 Å². The topological polar surface area (TPSA) is 67.2 Å². The van der Waals surface area contributed by atoms with E-state index < -0.39 is 0 Å². The van der Waals surface area contributed by atoms with Crippen LogP contribution in [-0.4, -0.2) is 32.9 Å². The third-order valence-corrected chi connectivity index (χ3v) is 4.91. The van der Waals surface area contributed by atoms with Crippen LogP contribution >= 0.6 is 0 Å². The molecule has 2 heterocycles. The Morgan fingerprint density at radius 1 is 1.16 bits per heavy atom. The van der Waals surface area contributed by atoms with Crippen LogP contribution in [-0.2, 0) is 11.3 Å². The lowest BCUT2D eigenvalue weighted by atomic mass is 10.1. The Morgan fingerprint density at radius 3 is 2.64 bits per heavy atom. The second kappa shape index (κ2) is 6.35. The zero-order chi connectivity index (χ0) is 17.4. The number of likely N-dealkylation sites (tertiary alicyclic amines) is 1. The van der Waals surface area contributed by atoms with E-state index in [1.165, 1.54) is 5.56 Å². The van der Waals surface area contributed by atoms with Gasteiger partial charge in [0.15, 0.2) is 5.82 Å². The van der Waals surface area contributed by atoms with Crippen LogP contribution in [0.4, 0.5) is 5.82 Å². The van der Waals surface area contributed by atoms with E-state index >= 15 is 0 Å². The third-order valence-electron chi connectivity index (χ3n) is 4.91. The molecule has 1 aromatic carbocycles. The summed E-state index contributed by atoms with van der Waals surface area (Å²) in [5, 5.41) is 3.07. The van der Waals surface area contributed by atoms with Crippen LogP contribution in [0.15, 0.2) is 41.5 Å². The molecule has 2 aromatic rings. The molecular weight excluding hydrogens is 316 g/mol. The molecule has 4 rings (SSSR count). The molecule has 25 heavy (non-hydrogen) atoms. The highest BCUT2D eigenvalue weighted by Crippen LogP contribution is 2.33. The van der Waals surface area contributed by atoms with E-state index in [1.807, 2.05) is 11.8 Å². The summed E-state index contributed by atoms with van der Waals surface area (Å²) in [5.74, 6) is 0.313. The number of anilines is 1. The fraction of sp³-hybridized carbons (Fsp3) is 0.421. The first-order valence-electron chi connectivity index (χ1n) is 8.80. The number of amides is 1. The number of nitrogens with one attached hydrogen (secondary N) is 1. The number of nitrogens with zero attached hydrogens (tertiary/aromatic N) is 3. The van der Waals surface area contributed by atoms with Gasteiger partial charge in [-0.05, 0) is 31.7 Å². The van der Waals surface area contributed by atoms with Gasteiger partial charge in [0.25, 0.3) is 5.56 Å². The molecule has 2 aliphatic rings. The Morgan fingerprint density at radius 2 is 1.92 bits per heavy atom. The van der Waals surface area contributed by atoms with Gasteiger partial charge < -0.3 is 14.8 Å². The Bertz CT molecular complexity index is 839. The number of hydrogen-bond acceptors (Lipinski definition) is 4. The number of hydrogen-bond donors (Lipinski definition) is 1. The number of aromatic nitrogens is 2. The largest absolute Gasteiger partial charge is 0.354 e. The van der Waals surface area contributed by atoms with E-state index in [-0.39, 0.29) is 23.3 Å². The molecule has 2 fully saturated rings. The van der Waals surface area contributed by atoms with Crippen molar-refractivity contribution in [3.8, 4) is 0 Å². The lowest BCUT2D eigenvalue weighted by Crippen LogP contribution is -2.35. The molecule has 1 aromatic heterocycles. The molecule has 1 saturated heterocycles. The normalized spacial score (nSPS) is 20.1. The van der Waals surface area contributed by atoms with Crippen LogP contribution in [0.5, 0.6) is 0 Å². The van der Waals surface area contributed by atoms with E-state index in [4.69, 9.17) is 0 Å². The Balaban J connectivity index is 1.44. The average Bonchev–Trinajstić information content (AvgIpc) is 3.39. The summed E-state index contributed by atoms with van der Waals surface area (Å²) in [6.45, 7) is 3.34. The minimum atomic E-state index is -0.374. The lowest BCUT2D eigenvalue weighted by molar-refractivity contribution is -0.128. The molecule has 0 spiro atoms. The van der Waals surface area contributed by atoms with Gasteiger partial charge in [0.1, 0.15) is 6.04 Å². The standard InChI is InChI=1S/C19H22N4O2/c1-13-2-4-14(5-3-13)12-22-10-8-16(18(22)24)21-17-19(25)23(11-9-20-17)15-6-7-15/h2-5,9,11,15-16H,6-8,10,12H2,1H3,(H,20,21). The minimum Gasteiger partial charge on any atom is -0.354 e. The first-order chi connectivity index (χ1) is 12.1. The van der Waals surface area contributed by atoms with Gasteiger partial charge in [0.2, 0.25) is 5.91 Å². The summed E-state index contributed by atoms with van der Waals surface area (Å²) in [6, 6.07) is 8.14. The highest BCUT2D eigenvalue weighted by Gasteiger charge is 2.33. The highest BCUT2D eigenvalue weighted by molar-refractivity contribution is 5.86. The third kappa shape index (κ3) is 3.29. The number of aryl methyl sites for hydroxylation is 1. The fourth-order valence-electron chi connectivity index (χ4n) is 3.27. The lowest BCUT2D eigenvalue weighted by Gasteiger charge is -2.17. The maximum absolute atomic E-state index is 12.7. The molecule has 1 N–H and O–H groups in total. The predicted octanol–water partition coefficient (Wildman–Crippen LogP) is 2.10. The van der Waals surface area contributed by atoms with Crippen molar-refractivity contribution in [3.05, 3.63) is 58.1 Å². The SMILES string of the molecule is Cc1ccc(CN2CCC(Nc3nccn(C4CC4)c3=O)C2=O)cc1. The quantitative estimate of drug-likeness (QED) is 0.907. The second-order valence-electron chi connectivity index (χ2n) is 6.95. The Kier molecular flexibility index (Phi) is 4.03. The average molecular weight is 338 g/mol. The van der Waals surface area contributed by atoms with Crippen molar-refractivity contribution < 1.29 is 4.79 Å². The van der Waals surface area contributed by atoms with Crippen molar-refractivity contribution in [2.24, 2.45) is 0 Å². The van der Waals surface area contributed by atoms with E-state index in [2.05, 4.69) is 34.6 Å². The zero-order valence-corrected chi connectivity index (χ0v) is 14.3. The van der Waals surface area contributed by atoms with Crippen molar-refractivity contribution in [2.75, 3.05) is 11.9 Å². The molecule has 130 valence electrons. The van der Waals surface area contributed by atoms with Gasteiger partial charge in [-0.15, -0.1) is 0 Å². The first-order valence-corrected chi connectivity index (χ1v) is 8.80. The van der Waals surface area contributed by atoms with E-state index in [0.29, 0.717) is 25.6 Å². The molecule has 1 aliphatic carbocycles. The highest BCUT2D eigenvalue weighted by atomic mass is 16.2. The summed E-state index contributed by atoms with van der Waals surface area (Å²) in [4.78, 5) is 31.1. The van der Waals surface area contributed by atoms with Crippen LogP contribution in [0.25, 0.3) is 0 Å². The number of carbonyl (C=O) groups is 1. The zero-order valence-electron chi connectivity index (χ0n) is 14.3. The molecule has 0 bridgehead atoms. The molecule has 1 unspecified atom stereocenters. The van der Waals surface area contributed by atoms with Crippen molar-refractivity contribution in [1.82, 2.24) is 14.5 Å². The maximum atomic E-state index is 12.7. The van der Waals surface area contributed by atoms with Gasteiger partial charge in [-0.25, -0.2) is 4.98 Å². The molecular formula is C19H22N4O2. The van der Waals surface area contributed by atoms with Gasteiger partial charge in [-0.3, -0.25) is 9.59 Å². The second-order valence-corrected chi connectivity index (χ2v) is 6.95. The summed E-state index contributed by atoms with van der Waals surface area (Å²) in [7, 11) is 0. The number of carbonyl (C=O) groups excluding carboxylic acids is 1. The molecule has 1 amide bonds. The van der Waals surface area contributed by atoms with Crippen LogP contribution in [0, 0.1) is 6.92 Å². The van der Waals surface area contributed by atoms with E-state index in [9.17, 15) is 9.59 Å². The van der Waals surface area contributed by atoms with E-state index in [0.717, 1.165) is 18.4 Å². The van der Waals surface area contributed by atoms with Gasteiger partial charge >= 0.3 is 0 Å². The summed E-state index contributed by atoms with van der Waals surface area (Å²) < 4.78 is 1.72. The van der Waals surface area contributed by atoms with Gasteiger partial charge in [0, 0.05) is 31.5 Å². The van der Waals surface area contributed by atoms with E-state index in [1.54, 1.807) is 17.0 Å². The summed E-state index contributed by atoms with van der Waals surface area (Å²) in [6.07, 6.45) is 6.12. The Hall–Kier alpha value is -2.63. The summed E-state index contributed by atoms with van der Waals surface area (Å²) >= 11 is 0. The molecule has 1 atom stereocenters. The number of rotatable bonds is 5. The van der Waals surface area contributed by atoms with Crippen molar-refractivity contribution in [1.29, 1.82) is 0 Å². The van der Waals surface area contributed by atoms with Crippen LogP contribution < -0.4 is 10.9 Å². The predicted molar refractivity (Wildman–Crippen MR) is 95.4 cm³/mol. The monoisotopic (exact) mass is 338 g/mol. The summed E-state index contributed by atoms with van der Waals surface area (Å²) in [5.41, 5.74) is 2.20. The first kappa shape index (κ1) is 15.9. The van der Waals surface area contributed by atoms with Crippen molar-refractivity contribution in [2.45, 2.75) is 44.8 Å². The Labute approximate surface area is 146 Å². The maximum Gasteiger partial charge on any atom is 0.293 e. The molecule has 1 aliphatic heterocycles. The van der Waals surface area contributed by atoms with Gasteiger partial charge in [-0.2, -0.15) is 0 Å². The van der Waals surface area contributed by atoms with Crippen LogP contribution in [0.1, 0.15) is 36.4 Å². The smallest absolute Gasteiger partial charge is 0.293 e. The molecule has 1 saturated carbocycles. The fourth-order valence-corrected chi connectivity index (χ4v) is 3.27. The molecule has 0 radical (unpaired) electrons. The molecule has 6 heteroatoms. The number of benzene rings is 1. The minimum absolute atomic E-state index is 0.0311.